The van der Waals surface area contributed by atoms with Crippen molar-refractivity contribution in [2.45, 2.75) is 13.8 Å². The van der Waals surface area contributed by atoms with E-state index in [1.807, 2.05) is 62.4 Å². The van der Waals surface area contributed by atoms with Crippen LogP contribution in [0.25, 0.3) is 12.2 Å². The second-order valence-corrected chi connectivity index (χ2v) is 7.04. The number of carbonyl (C=O) groups is 2. The van der Waals surface area contributed by atoms with Gasteiger partial charge in [0.1, 0.15) is 0 Å². The van der Waals surface area contributed by atoms with Crippen molar-refractivity contribution in [1.29, 1.82) is 0 Å². The zero-order valence-corrected chi connectivity index (χ0v) is 17.1. The van der Waals surface area contributed by atoms with Gasteiger partial charge in [0, 0.05) is 23.5 Å². The lowest BCUT2D eigenvalue weighted by atomic mass is 10.1. The van der Waals surface area contributed by atoms with Gasteiger partial charge >= 0.3 is 0 Å². The monoisotopic (exact) mass is 396 g/mol. The number of anilines is 2. The minimum Gasteiger partial charge on any atom is -0.323 e. The number of hydrogen-bond donors (Lipinski definition) is 2. The van der Waals surface area contributed by atoms with Crippen LogP contribution in [0.2, 0.25) is 0 Å². The molecule has 0 spiro atoms. The van der Waals surface area contributed by atoms with Gasteiger partial charge in [-0.05, 0) is 61.4 Å². The predicted octanol–water partition coefficient (Wildman–Crippen LogP) is 5.61. The summed E-state index contributed by atoms with van der Waals surface area (Å²) in [5.74, 6) is -0.429. The third kappa shape index (κ3) is 6.60. The normalized spacial score (nSPS) is 11.0. The van der Waals surface area contributed by atoms with E-state index in [-0.39, 0.29) is 11.8 Å². The lowest BCUT2D eigenvalue weighted by Gasteiger charge is -2.05. The highest BCUT2D eigenvalue weighted by Gasteiger charge is 2.01. The Labute approximate surface area is 177 Å². The highest BCUT2D eigenvalue weighted by atomic mass is 16.2. The molecule has 30 heavy (non-hydrogen) atoms. The Kier molecular flexibility index (Phi) is 6.95. The van der Waals surface area contributed by atoms with Gasteiger partial charge in [-0.3, -0.25) is 9.59 Å². The van der Waals surface area contributed by atoms with Crippen molar-refractivity contribution >= 4 is 35.3 Å². The number of nitrogens with one attached hydrogen (secondary N) is 2. The maximum atomic E-state index is 12.1. The number of carbonyl (C=O) groups excluding carboxylic acids is 2. The number of benzene rings is 3. The van der Waals surface area contributed by atoms with E-state index in [1.165, 1.54) is 23.3 Å². The molecule has 0 saturated heterocycles. The van der Waals surface area contributed by atoms with Crippen molar-refractivity contribution in [2.75, 3.05) is 10.6 Å². The summed E-state index contributed by atoms with van der Waals surface area (Å²) in [7, 11) is 0. The van der Waals surface area contributed by atoms with Crippen LogP contribution in [0.15, 0.2) is 84.9 Å². The summed E-state index contributed by atoms with van der Waals surface area (Å²) >= 11 is 0. The molecule has 0 bridgehead atoms. The van der Waals surface area contributed by atoms with Crippen LogP contribution >= 0.6 is 0 Å². The minimum absolute atomic E-state index is 0.214. The molecule has 0 atom stereocenters. The van der Waals surface area contributed by atoms with Crippen LogP contribution in [0, 0.1) is 13.8 Å². The summed E-state index contributed by atoms with van der Waals surface area (Å²) < 4.78 is 0. The standard InChI is InChI=1S/C26H24N2O2/c1-19-3-7-21(8-4-19)11-17-25(29)27-23-13-15-24(16-14-23)28-26(30)18-12-22-9-5-20(2)6-10-22/h3-18H,1-2H3,(H,27,29)(H,28,30). The van der Waals surface area contributed by atoms with Crippen LogP contribution in [0.1, 0.15) is 22.3 Å². The Morgan fingerprint density at radius 1 is 0.567 bits per heavy atom. The first-order valence-corrected chi connectivity index (χ1v) is 9.69. The van der Waals surface area contributed by atoms with Gasteiger partial charge in [0.15, 0.2) is 0 Å². The molecule has 4 nitrogen and oxygen atoms in total. The summed E-state index contributed by atoms with van der Waals surface area (Å²) in [5, 5.41) is 5.61. The van der Waals surface area contributed by atoms with E-state index in [9.17, 15) is 9.59 Å². The van der Waals surface area contributed by atoms with Crippen LogP contribution in [0.5, 0.6) is 0 Å². The molecular weight excluding hydrogens is 372 g/mol. The lowest BCUT2D eigenvalue weighted by Crippen LogP contribution is -2.09. The molecule has 2 amide bonds. The second-order valence-electron chi connectivity index (χ2n) is 7.04. The van der Waals surface area contributed by atoms with Crippen LogP contribution in [0.3, 0.4) is 0 Å². The first-order chi connectivity index (χ1) is 14.5. The number of rotatable bonds is 6. The SMILES string of the molecule is Cc1ccc(C=CC(=O)Nc2ccc(NC(=O)C=Cc3ccc(C)cc3)cc2)cc1. The van der Waals surface area contributed by atoms with Gasteiger partial charge in [0.2, 0.25) is 11.8 Å². The number of hydrogen-bond acceptors (Lipinski definition) is 2. The largest absolute Gasteiger partial charge is 0.323 e. The molecule has 0 radical (unpaired) electrons. The van der Waals surface area contributed by atoms with E-state index in [1.54, 1.807) is 36.4 Å². The van der Waals surface area contributed by atoms with Gasteiger partial charge in [-0.2, -0.15) is 0 Å². The molecule has 3 aromatic rings. The topological polar surface area (TPSA) is 58.2 Å². The Morgan fingerprint density at radius 2 is 0.900 bits per heavy atom. The quantitative estimate of drug-likeness (QED) is 0.532. The van der Waals surface area contributed by atoms with Gasteiger partial charge in [-0.15, -0.1) is 0 Å². The van der Waals surface area contributed by atoms with Crippen molar-refractivity contribution in [1.82, 2.24) is 0 Å². The van der Waals surface area contributed by atoms with E-state index >= 15 is 0 Å². The van der Waals surface area contributed by atoms with Gasteiger partial charge in [0.25, 0.3) is 0 Å². The molecule has 0 aliphatic rings. The smallest absolute Gasteiger partial charge is 0.248 e. The molecule has 3 aromatic carbocycles. The Balaban J connectivity index is 1.51. The van der Waals surface area contributed by atoms with Crippen molar-refractivity contribution in [3.63, 3.8) is 0 Å². The summed E-state index contributed by atoms with van der Waals surface area (Å²) in [5.41, 5.74) is 5.59. The Hall–Kier alpha value is -3.92. The molecule has 0 aliphatic carbocycles. The third-order valence-corrected chi connectivity index (χ3v) is 4.43. The average Bonchev–Trinajstić information content (AvgIpc) is 2.74. The zero-order chi connectivity index (χ0) is 21.3. The fourth-order valence-corrected chi connectivity index (χ4v) is 2.70. The van der Waals surface area contributed by atoms with Gasteiger partial charge in [-0.25, -0.2) is 0 Å². The van der Waals surface area contributed by atoms with Crippen molar-refractivity contribution < 1.29 is 9.59 Å². The molecule has 0 fully saturated rings. The molecule has 0 aromatic heterocycles. The molecule has 0 saturated carbocycles. The number of amides is 2. The lowest BCUT2D eigenvalue weighted by molar-refractivity contribution is -0.112. The van der Waals surface area contributed by atoms with E-state index in [4.69, 9.17) is 0 Å². The molecule has 4 heteroatoms. The highest BCUT2D eigenvalue weighted by Crippen LogP contribution is 2.14. The van der Waals surface area contributed by atoms with E-state index < -0.39 is 0 Å². The van der Waals surface area contributed by atoms with Gasteiger partial charge in [-0.1, -0.05) is 59.7 Å². The van der Waals surface area contributed by atoms with E-state index in [0.717, 1.165) is 11.1 Å². The van der Waals surface area contributed by atoms with Crippen molar-refractivity contribution in [3.05, 3.63) is 107 Å². The summed E-state index contributed by atoms with van der Waals surface area (Å²) in [6, 6.07) is 22.8. The van der Waals surface area contributed by atoms with Crippen molar-refractivity contribution in [3.8, 4) is 0 Å². The molecule has 0 aliphatic heterocycles. The highest BCUT2D eigenvalue weighted by molar-refractivity contribution is 6.03. The average molecular weight is 396 g/mol. The summed E-state index contributed by atoms with van der Waals surface area (Å²) in [6.07, 6.45) is 6.53. The van der Waals surface area contributed by atoms with Crippen LogP contribution in [0.4, 0.5) is 11.4 Å². The maximum Gasteiger partial charge on any atom is 0.248 e. The first-order valence-electron chi connectivity index (χ1n) is 9.69. The second kappa shape index (κ2) is 10.0. The fraction of sp³-hybridized carbons (Fsp3) is 0.0769. The first kappa shape index (κ1) is 20.8. The fourth-order valence-electron chi connectivity index (χ4n) is 2.70. The molecule has 0 heterocycles. The Morgan fingerprint density at radius 3 is 1.23 bits per heavy atom. The zero-order valence-electron chi connectivity index (χ0n) is 17.1. The Bertz CT molecular complexity index is 973. The maximum absolute atomic E-state index is 12.1. The van der Waals surface area contributed by atoms with Crippen LogP contribution in [-0.4, -0.2) is 11.8 Å². The molecule has 2 N–H and O–H groups in total. The molecule has 0 unspecified atom stereocenters. The van der Waals surface area contributed by atoms with Crippen molar-refractivity contribution in [2.24, 2.45) is 0 Å². The van der Waals surface area contributed by atoms with E-state index in [0.29, 0.717) is 11.4 Å². The predicted molar refractivity (Wildman–Crippen MR) is 124 cm³/mol. The van der Waals surface area contributed by atoms with Crippen LogP contribution in [-0.2, 0) is 9.59 Å². The molecule has 150 valence electrons. The van der Waals surface area contributed by atoms with Gasteiger partial charge in [0.05, 0.1) is 0 Å². The van der Waals surface area contributed by atoms with E-state index in [2.05, 4.69) is 10.6 Å². The summed E-state index contributed by atoms with van der Waals surface area (Å²) in [4.78, 5) is 24.2. The molecule has 3 rings (SSSR count). The molecular formula is C26H24N2O2. The summed E-state index contributed by atoms with van der Waals surface area (Å²) in [6.45, 7) is 4.04. The number of aryl methyl sites for hydroxylation is 2. The third-order valence-electron chi connectivity index (χ3n) is 4.43. The van der Waals surface area contributed by atoms with Gasteiger partial charge < -0.3 is 10.6 Å². The minimum atomic E-state index is -0.214. The van der Waals surface area contributed by atoms with Crippen LogP contribution < -0.4 is 10.6 Å².